The van der Waals surface area contributed by atoms with Crippen molar-refractivity contribution in [2.45, 2.75) is 98.7 Å². The number of carbonyl (C=O) groups is 1. The van der Waals surface area contributed by atoms with Gasteiger partial charge in [-0.15, -0.1) is 0 Å². The van der Waals surface area contributed by atoms with E-state index >= 15 is 0 Å². The van der Waals surface area contributed by atoms with Crippen LogP contribution in [-0.2, 0) is 4.79 Å². The molecule has 0 unspecified atom stereocenters. The summed E-state index contributed by atoms with van der Waals surface area (Å²) in [6.07, 6.45) is 12.6. The Morgan fingerprint density at radius 1 is 1.03 bits per heavy atom. The zero-order chi connectivity index (χ0) is 23.4. The minimum Gasteiger partial charge on any atom is -0.390 e. The maximum atomic E-state index is 12.0. The maximum Gasteiger partial charge on any atom is 0.178 e. The van der Waals surface area contributed by atoms with Crippen molar-refractivity contribution in [3.8, 4) is 0 Å². The monoisotopic (exact) mass is 442 g/mol. The lowest BCUT2D eigenvalue weighted by Crippen LogP contribution is -2.51. The predicted molar refractivity (Wildman–Crippen MR) is 130 cm³/mol. The van der Waals surface area contributed by atoms with Crippen molar-refractivity contribution in [2.24, 2.45) is 52.3 Å². The van der Waals surface area contributed by atoms with Gasteiger partial charge in [-0.3, -0.25) is 4.79 Å². The van der Waals surface area contributed by atoms with Crippen LogP contribution in [0.1, 0.15) is 86.5 Å². The quantitative estimate of drug-likeness (QED) is 0.534. The molecule has 4 rings (SSSR count). The van der Waals surface area contributed by atoms with Gasteiger partial charge in [0.25, 0.3) is 0 Å². The molecular weight excluding hydrogens is 396 g/mol. The summed E-state index contributed by atoms with van der Waals surface area (Å²) in [4.78, 5) is 12.0. The van der Waals surface area contributed by atoms with Gasteiger partial charge in [-0.2, -0.15) is 0 Å². The van der Waals surface area contributed by atoms with E-state index in [1.165, 1.54) is 37.7 Å². The molecule has 0 aromatic rings. The highest BCUT2D eigenvalue weighted by molar-refractivity contribution is 6.01. The molecule has 2 N–H and O–H groups in total. The van der Waals surface area contributed by atoms with E-state index in [9.17, 15) is 15.0 Å². The summed E-state index contributed by atoms with van der Waals surface area (Å²) in [5, 5.41) is 22.3. The third-order valence-corrected chi connectivity index (χ3v) is 10.9. The van der Waals surface area contributed by atoms with Crippen LogP contribution in [0.15, 0.2) is 23.8 Å². The summed E-state index contributed by atoms with van der Waals surface area (Å²) in [7, 11) is 0. The summed E-state index contributed by atoms with van der Waals surface area (Å²) >= 11 is 0. The Kier molecular flexibility index (Phi) is 6.57. The minimum atomic E-state index is -0.647. The standard InChI is InChI=1S/C29H46O3/c1-7-21(17(2)3)27(32)26(31)18(4)23-10-11-24-22-9-8-19-16-20(30)12-14-28(19,5)25(22)13-15-29(23,24)6/h12,14,16-18,21-27,31-32H,7-11,13,15H2,1-6H3/t18-,21-,22-,23+,24-,25-,26-,27-,28-,29+/m0/s1. The number of carbonyl (C=O) groups excluding carboxylic acids is 1. The van der Waals surface area contributed by atoms with Crippen molar-refractivity contribution >= 4 is 5.78 Å². The first-order valence-electron chi connectivity index (χ1n) is 13.3. The number of rotatable bonds is 6. The number of aliphatic hydroxyl groups is 2. The molecule has 10 atom stereocenters. The van der Waals surface area contributed by atoms with Crippen LogP contribution in [0.5, 0.6) is 0 Å². The summed E-state index contributed by atoms with van der Waals surface area (Å²) < 4.78 is 0. The number of allylic oxidation sites excluding steroid dienone is 4. The van der Waals surface area contributed by atoms with Gasteiger partial charge in [0.2, 0.25) is 0 Å². The molecule has 3 fully saturated rings. The Morgan fingerprint density at radius 3 is 2.41 bits per heavy atom. The molecule has 0 saturated heterocycles. The smallest absolute Gasteiger partial charge is 0.178 e. The highest BCUT2D eigenvalue weighted by Gasteiger charge is 2.59. The molecule has 0 aliphatic heterocycles. The molecule has 0 amide bonds. The van der Waals surface area contributed by atoms with Gasteiger partial charge in [-0.25, -0.2) is 0 Å². The average Bonchev–Trinajstić information content (AvgIpc) is 3.10. The van der Waals surface area contributed by atoms with Crippen molar-refractivity contribution < 1.29 is 15.0 Å². The number of fused-ring (bicyclic) bond motifs is 5. The van der Waals surface area contributed by atoms with Crippen LogP contribution in [0.2, 0.25) is 0 Å². The van der Waals surface area contributed by atoms with Crippen LogP contribution in [-0.4, -0.2) is 28.2 Å². The van der Waals surface area contributed by atoms with E-state index in [1.54, 1.807) is 6.08 Å². The number of ketones is 1. The summed E-state index contributed by atoms with van der Waals surface area (Å²) in [5.41, 5.74) is 1.64. The van der Waals surface area contributed by atoms with E-state index in [-0.39, 0.29) is 28.4 Å². The molecule has 0 radical (unpaired) electrons. The Hall–Kier alpha value is -0.930. The van der Waals surface area contributed by atoms with Crippen molar-refractivity contribution in [3.63, 3.8) is 0 Å². The molecule has 180 valence electrons. The van der Waals surface area contributed by atoms with Crippen LogP contribution >= 0.6 is 0 Å². The molecule has 0 heterocycles. The zero-order valence-corrected chi connectivity index (χ0v) is 21.2. The molecule has 0 aromatic heterocycles. The van der Waals surface area contributed by atoms with Gasteiger partial charge in [0, 0.05) is 5.41 Å². The molecule has 0 spiro atoms. The average molecular weight is 443 g/mol. The van der Waals surface area contributed by atoms with Gasteiger partial charge < -0.3 is 10.2 Å². The van der Waals surface area contributed by atoms with Crippen molar-refractivity contribution in [1.29, 1.82) is 0 Å². The van der Waals surface area contributed by atoms with Crippen molar-refractivity contribution in [3.05, 3.63) is 23.8 Å². The van der Waals surface area contributed by atoms with E-state index in [0.29, 0.717) is 29.6 Å². The van der Waals surface area contributed by atoms with Gasteiger partial charge in [0.05, 0.1) is 12.2 Å². The zero-order valence-electron chi connectivity index (χ0n) is 21.2. The lowest BCUT2D eigenvalue weighted by atomic mass is 9.47. The van der Waals surface area contributed by atoms with E-state index in [0.717, 1.165) is 12.8 Å². The SMILES string of the molecule is CC[C@@H](C(C)C)[C@H](O)[C@@H](O)[C@@H](C)[C@H]1CC[C@H]2[C@@H]3CCC4=CC(=O)C=C[C@]4(C)[C@H]3CC[C@]12C. The van der Waals surface area contributed by atoms with Crippen LogP contribution in [0.25, 0.3) is 0 Å². The molecule has 3 nitrogen and oxygen atoms in total. The molecule has 3 saturated carbocycles. The van der Waals surface area contributed by atoms with Gasteiger partial charge in [-0.05, 0) is 97.5 Å². The van der Waals surface area contributed by atoms with Crippen LogP contribution in [0.4, 0.5) is 0 Å². The number of hydrogen-bond donors (Lipinski definition) is 2. The molecule has 4 aliphatic rings. The Bertz CT molecular complexity index is 781. The topological polar surface area (TPSA) is 57.5 Å². The van der Waals surface area contributed by atoms with Gasteiger partial charge in [0.15, 0.2) is 5.78 Å². The van der Waals surface area contributed by atoms with Gasteiger partial charge in [0.1, 0.15) is 0 Å². The first-order chi connectivity index (χ1) is 15.0. The fourth-order valence-electron chi connectivity index (χ4n) is 9.01. The number of aliphatic hydroxyl groups excluding tert-OH is 2. The van der Waals surface area contributed by atoms with Crippen LogP contribution in [0, 0.1) is 52.3 Å². The minimum absolute atomic E-state index is 0.0448. The molecule has 0 aromatic carbocycles. The highest BCUT2D eigenvalue weighted by atomic mass is 16.3. The lowest BCUT2D eigenvalue weighted by Gasteiger charge is -2.57. The summed E-state index contributed by atoms with van der Waals surface area (Å²) in [5.74, 6) is 3.28. The summed E-state index contributed by atoms with van der Waals surface area (Å²) in [6, 6.07) is 0. The molecule has 4 aliphatic carbocycles. The first-order valence-corrected chi connectivity index (χ1v) is 13.3. The Labute approximate surface area is 195 Å². The number of hydrogen-bond acceptors (Lipinski definition) is 3. The fraction of sp³-hybridized carbons (Fsp3) is 0.828. The van der Waals surface area contributed by atoms with Crippen molar-refractivity contribution in [2.75, 3.05) is 0 Å². The van der Waals surface area contributed by atoms with Crippen molar-refractivity contribution in [1.82, 2.24) is 0 Å². The van der Waals surface area contributed by atoms with Crippen LogP contribution in [0.3, 0.4) is 0 Å². The second-order valence-electron chi connectivity index (χ2n) is 12.5. The third kappa shape index (κ3) is 3.66. The van der Waals surface area contributed by atoms with E-state index in [4.69, 9.17) is 0 Å². The van der Waals surface area contributed by atoms with E-state index in [2.05, 4.69) is 47.6 Å². The highest BCUT2D eigenvalue weighted by Crippen LogP contribution is 2.67. The molecule has 32 heavy (non-hydrogen) atoms. The molecular formula is C29H46O3. The molecule has 0 bridgehead atoms. The van der Waals surface area contributed by atoms with E-state index < -0.39 is 12.2 Å². The largest absolute Gasteiger partial charge is 0.390 e. The third-order valence-electron chi connectivity index (χ3n) is 10.9. The predicted octanol–water partition coefficient (Wildman–Crippen LogP) is 5.95. The Morgan fingerprint density at radius 2 is 1.75 bits per heavy atom. The van der Waals surface area contributed by atoms with Gasteiger partial charge >= 0.3 is 0 Å². The second kappa shape index (κ2) is 8.69. The fourth-order valence-corrected chi connectivity index (χ4v) is 9.01. The molecule has 3 heteroatoms. The normalized spacial score (nSPS) is 42.5. The first kappa shape index (κ1) is 24.2. The Balaban J connectivity index is 1.54. The second-order valence-corrected chi connectivity index (χ2v) is 12.5. The van der Waals surface area contributed by atoms with Crippen LogP contribution < -0.4 is 0 Å². The van der Waals surface area contributed by atoms with E-state index in [1.807, 2.05) is 6.08 Å². The van der Waals surface area contributed by atoms with Gasteiger partial charge in [-0.1, -0.05) is 59.6 Å². The maximum absolute atomic E-state index is 12.0. The lowest BCUT2D eigenvalue weighted by molar-refractivity contribution is -0.111. The summed E-state index contributed by atoms with van der Waals surface area (Å²) in [6.45, 7) is 13.5.